The number of pyridine rings is 1. The molecule has 0 unspecified atom stereocenters. The largest absolute Gasteiger partial charge is 0.399 e. The van der Waals surface area contributed by atoms with Crippen molar-refractivity contribution in [2.45, 2.75) is 6.92 Å². The predicted molar refractivity (Wildman–Crippen MR) is 62.7 cm³/mol. The van der Waals surface area contributed by atoms with Gasteiger partial charge in [0.05, 0.1) is 11.7 Å². The van der Waals surface area contributed by atoms with Crippen LogP contribution in [0.15, 0.2) is 30.5 Å². The molecule has 3 aromatic rings. The summed E-state index contributed by atoms with van der Waals surface area (Å²) in [5.74, 6) is 0. The maximum atomic E-state index is 5.78. The topological polar surface area (TPSA) is 54.7 Å². The lowest BCUT2D eigenvalue weighted by Gasteiger charge is -1.94. The fourth-order valence-corrected chi connectivity index (χ4v) is 1.92. The molecule has 74 valence electrons. The highest BCUT2D eigenvalue weighted by atomic mass is 14.8. The third-order valence-electron chi connectivity index (χ3n) is 2.64. The lowest BCUT2D eigenvalue weighted by molar-refractivity contribution is 1.22. The number of aromatic nitrogens is 2. The number of nitrogen functional groups attached to an aromatic ring is 1. The van der Waals surface area contributed by atoms with Gasteiger partial charge in [-0.05, 0) is 31.2 Å². The number of nitrogens with one attached hydrogen (secondary N) is 1. The third kappa shape index (κ3) is 1.16. The van der Waals surface area contributed by atoms with Crippen LogP contribution in [-0.2, 0) is 0 Å². The molecule has 0 radical (unpaired) electrons. The average Bonchev–Trinajstić information content (AvgIpc) is 2.56. The first kappa shape index (κ1) is 8.29. The van der Waals surface area contributed by atoms with Crippen LogP contribution in [0, 0.1) is 6.92 Å². The van der Waals surface area contributed by atoms with E-state index in [2.05, 4.69) is 16.0 Å². The summed E-state index contributed by atoms with van der Waals surface area (Å²) in [5, 5.41) is 2.35. The minimum atomic E-state index is 0.790. The number of H-pyrrole nitrogens is 1. The molecule has 0 bridgehead atoms. The second-order valence-corrected chi connectivity index (χ2v) is 3.80. The van der Waals surface area contributed by atoms with Crippen molar-refractivity contribution < 1.29 is 0 Å². The lowest BCUT2D eigenvalue weighted by Crippen LogP contribution is -1.82. The summed E-state index contributed by atoms with van der Waals surface area (Å²) in [7, 11) is 0. The lowest BCUT2D eigenvalue weighted by atomic mass is 10.1. The van der Waals surface area contributed by atoms with Gasteiger partial charge in [-0.1, -0.05) is 0 Å². The molecule has 0 aliphatic rings. The Balaban J connectivity index is 2.55. The molecule has 0 fully saturated rings. The van der Waals surface area contributed by atoms with Crippen LogP contribution < -0.4 is 5.73 Å². The van der Waals surface area contributed by atoms with Gasteiger partial charge in [-0.15, -0.1) is 0 Å². The van der Waals surface area contributed by atoms with E-state index in [9.17, 15) is 0 Å². The fraction of sp³-hybridized carbons (Fsp3) is 0.0833. The molecule has 15 heavy (non-hydrogen) atoms. The van der Waals surface area contributed by atoms with Crippen molar-refractivity contribution in [3.63, 3.8) is 0 Å². The van der Waals surface area contributed by atoms with E-state index in [1.54, 1.807) is 0 Å². The Hall–Kier alpha value is -2.03. The van der Waals surface area contributed by atoms with Gasteiger partial charge in [-0.25, -0.2) is 0 Å². The molecule has 3 N–H and O–H groups in total. The molecule has 2 heterocycles. The van der Waals surface area contributed by atoms with Crippen LogP contribution in [-0.4, -0.2) is 9.97 Å². The van der Waals surface area contributed by atoms with Gasteiger partial charge in [-0.2, -0.15) is 0 Å². The molecule has 0 aliphatic heterocycles. The van der Waals surface area contributed by atoms with Crippen molar-refractivity contribution in [1.29, 1.82) is 0 Å². The molecule has 0 amide bonds. The summed E-state index contributed by atoms with van der Waals surface area (Å²) in [6.45, 7) is 1.99. The molecule has 3 rings (SSSR count). The van der Waals surface area contributed by atoms with Gasteiger partial charge in [0.2, 0.25) is 0 Å². The zero-order valence-corrected chi connectivity index (χ0v) is 8.41. The molecule has 1 aromatic carbocycles. The van der Waals surface area contributed by atoms with Crippen LogP contribution in [0.3, 0.4) is 0 Å². The smallest absolute Gasteiger partial charge is 0.0651 e. The molecule has 0 saturated carbocycles. The number of fused-ring (bicyclic) bond motifs is 3. The minimum Gasteiger partial charge on any atom is -0.399 e. The van der Waals surface area contributed by atoms with E-state index in [-0.39, 0.29) is 0 Å². The van der Waals surface area contributed by atoms with E-state index in [0.717, 1.165) is 27.8 Å². The third-order valence-corrected chi connectivity index (χ3v) is 2.64. The van der Waals surface area contributed by atoms with Crippen LogP contribution in [0.2, 0.25) is 0 Å². The maximum Gasteiger partial charge on any atom is 0.0651 e. The molecular formula is C12H11N3. The predicted octanol–water partition coefficient (Wildman–Crippen LogP) is 2.61. The maximum absolute atomic E-state index is 5.78. The first-order chi connectivity index (χ1) is 7.24. The van der Waals surface area contributed by atoms with E-state index in [1.807, 2.05) is 31.3 Å². The highest BCUT2D eigenvalue weighted by Gasteiger charge is 2.04. The zero-order chi connectivity index (χ0) is 10.4. The highest BCUT2D eigenvalue weighted by Crippen LogP contribution is 2.26. The number of anilines is 1. The Bertz CT molecular complexity index is 596. The van der Waals surface area contributed by atoms with Crippen LogP contribution in [0.1, 0.15) is 5.69 Å². The molecule has 0 aliphatic carbocycles. The molecule has 0 saturated heterocycles. The van der Waals surface area contributed by atoms with Crippen LogP contribution in [0.4, 0.5) is 5.69 Å². The van der Waals surface area contributed by atoms with Crippen molar-refractivity contribution in [2.24, 2.45) is 0 Å². The number of aryl methyl sites for hydroxylation is 1. The fourth-order valence-electron chi connectivity index (χ4n) is 1.92. The SMILES string of the molecule is Cc1cc2c(cn1)[nH]c1ccc(N)cc12. The summed E-state index contributed by atoms with van der Waals surface area (Å²) in [5.41, 5.74) is 9.75. The summed E-state index contributed by atoms with van der Waals surface area (Å²) < 4.78 is 0. The Morgan fingerprint density at radius 2 is 1.93 bits per heavy atom. The normalized spacial score (nSPS) is 11.3. The van der Waals surface area contributed by atoms with E-state index < -0.39 is 0 Å². The van der Waals surface area contributed by atoms with Crippen molar-refractivity contribution >= 4 is 27.5 Å². The summed E-state index contributed by atoms with van der Waals surface area (Å²) >= 11 is 0. The van der Waals surface area contributed by atoms with Crippen molar-refractivity contribution in [2.75, 3.05) is 5.73 Å². The second kappa shape index (κ2) is 2.73. The first-order valence-corrected chi connectivity index (χ1v) is 4.87. The van der Waals surface area contributed by atoms with E-state index in [0.29, 0.717) is 0 Å². The van der Waals surface area contributed by atoms with Gasteiger partial charge in [-0.3, -0.25) is 4.98 Å². The van der Waals surface area contributed by atoms with Crippen LogP contribution in [0.5, 0.6) is 0 Å². The first-order valence-electron chi connectivity index (χ1n) is 4.87. The molecular weight excluding hydrogens is 186 g/mol. The van der Waals surface area contributed by atoms with Gasteiger partial charge in [0.1, 0.15) is 0 Å². The van der Waals surface area contributed by atoms with Crippen molar-refractivity contribution in [1.82, 2.24) is 9.97 Å². The van der Waals surface area contributed by atoms with Gasteiger partial charge in [0, 0.05) is 27.7 Å². The molecule has 3 heteroatoms. The quantitative estimate of drug-likeness (QED) is 0.544. The molecule has 0 spiro atoms. The van der Waals surface area contributed by atoms with Crippen molar-refractivity contribution in [3.05, 3.63) is 36.2 Å². The number of aromatic amines is 1. The highest BCUT2D eigenvalue weighted by molar-refractivity contribution is 6.07. The number of benzene rings is 1. The van der Waals surface area contributed by atoms with Gasteiger partial charge < -0.3 is 10.7 Å². The van der Waals surface area contributed by atoms with E-state index in [4.69, 9.17) is 5.73 Å². The Labute approximate surface area is 86.9 Å². The number of nitrogens with zero attached hydrogens (tertiary/aromatic N) is 1. The Morgan fingerprint density at radius 1 is 1.13 bits per heavy atom. The minimum absolute atomic E-state index is 0.790. The second-order valence-electron chi connectivity index (χ2n) is 3.80. The van der Waals surface area contributed by atoms with E-state index in [1.165, 1.54) is 5.39 Å². The summed E-state index contributed by atoms with van der Waals surface area (Å²) in [6.07, 6.45) is 1.86. The van der Waals surface area contributed by atoms with Gasteiger partial charge in [0.15, 0.2) is 0 Å². The van der Waals surface area contributed by atoms with E-state index >= 15 is 0 Å². The molecule has 2 aromatic heterocycles. The Kier molecular flexibility index (Phi) is 1.51. The summed E-state index contributed by atoms with van der Waals surface area (Å²) in [6, 6.07) is 7.97. The van der Waals surface area contributed by atoms with Gasteiger partial charge >= 0.3 is 0 Å². The zero-order valence-electron chi connectivity index (χ0n) is 8.41. The summed E-state index contributed by atoms with van der Waals surface area (Å²) in [4.78, 5) is 7.58. The van der Waals surface area contributed by atoms with Crippen molar-refractivity contribution in [3.8, 4) is 0 Å². The average molecular weight is 197 g/mol. The van der Waals surface area contributed by atoms with Crippen LogP contribution in [0.25, 0.3) is 21.8 Å². The number of hydrogen-bond donors (Lipinski definition) is 2. The number of nitrogens with two attached hydrogens (primary N) is 1. The monoisotopic (exact) mass is 197 g/mol. The standard InChI is InChI=1S/C12H11N3/c1-7-4-9-10-5-8(13)2-3-11(10)15-12(9)6-14-7/h2-6,15H,13H2,1H3. The van der Waals surface area contributed by atoms with Gasteiger partial charge in [0.25, 0.3) is 0 Å². The van der Waals surface area contributed by atoms with Crippen LogP contribution >= 0.6 is 0 Å². The Morgan fingerprint density at radius 3 is 2.80 bits per heavy atom. The number of rotatable bonds is 0. The molecule has 0 atom stereocenters. The number of hydrogen-bond acceptors (Lipinski definition) is 2. The molecule has 3 nitrogen and oxygen atoms in total.